The first kappa shape index (κ1) is 23.9. The standard InChI is InChI=1S/C15H13BrO6.2C2H6/c16-11-8-12(14(17)18)22-15(19)13(11)21-7-6-20-9-10-4-2-1-3-5-10;2*1-2/h1-5,8H,6-7,9H2,(H,17,18);2*1-2H3. The molecule has 0 saturated carbocycles. The maximum Gasteiger partial charge on any atom is 0.380 e. The van der Waals surface area contributed by atoms with Gasteiger partial charge in [0.25, 0.3) is 0 Å². The van der Waals surface area contributed by atoms with Gasteiger partial charge in [-0.2, -0.15) is 0 Å². The van der Waals surface area contributed by atoms with Crippen molar-refractivity contribution in [1.29, 1.82) is 0 Å². The van der Waals surface area contributed by atoms with E-state index in [0.29, 0.717) is 6.61 Å². The third-order valence-electron chi connectivity index (χ3n) is 2.66. The number of benzene rings is 1. The second kappa shape index (κ2) is 14.1. The summed E-state index contributed by atoms with van der Waals surface area (Å²) in [5.74, 6) is -1.85. The Morgan fingerprint density at radius 3 is 2.27 bits per heavy atom. The minimum atomic E-state index is -1.32. The van der Waals surface area contributed by atoms with Gasteiger partial charge in [-0.3, -0.25) is 0 Å². The van der Waals surface area contributed by atoms with Gasteiger partial charge in [0.1, 0.15) is 6.61 Å². The number of ether oxygens (including phenoxy) is 2. The van der Waals surface area contributed by atoms with E-state index >= 15 is 0 Å². The number of carboxylic acid groups (broad SMARTS) is 1. The number of halogens is 1. The molecular weight excluding hydrogens is 404 g/mol. The smallest absolute Gasteiger partial charge is 0.380 e. The molecule has 1 aromatic carbocycles. The number of carbonyl (C=O) groups is 1. The van der Waals surface area contributed by atoms with Crippen LogP contribution in [0.4, 0.5) is 0 Å². The quantitative estimate of drug-likeness (QED) is 0.640. The normalized spacial score (nSPS) is 9.27. The lowest BCUT2D eigenvalue weighted by atomic mass is 10.2. The van der Waals surface area contributed by atoms with Crippen LogP contribution in [0.15, 0.2) is 50.1 Å². The van der Waals surface area contributed by atoms with E-state index < -0.39 is 17.4 Å². The fourth-order valence-electron chi connectivity index (χ4n) is 1.65. The van der Waals surface area contributed by atoms with Gasteiger partial charge < -0.3 is 19.0 Å². The molecule has 0 saturated heterocycles. The third kappa shape index (κ3) is 8.31. The summed E-state index contributed by atoms with van der Waals surface area (Å²) < 4.78 is 15.5. The summed E-state index contributed by atoms with van der Waals surface area (Å²) >= 11 is 3.08. The van der Waals surface area contributed by atoms with Gasteiger partial charge >= 0.3 is 11.6 Å². The highest BCUT2D eigenvalue weighted by atomic mass is 79.9. The molecule has 2 aromatic rings. The van der Waals surface area contributed by atoms with E-state index in [-0.39, 0.29) is 23.4 Å². The van der Waals surface area contributed by atoms with Crippen molar-refractivity contribution in [3.63, 3.8) is 0 Å². The molecule has 0 bridgehead atoms. The van der Waals surface area contributed by atoms with Crippen molar-refractivity contribution in [1.82, 2.24) is 0 Å². The van der Waals surface area contributed by atoms with Gasteiger partial charge in [0.2, 0.25) is 11.5 Å². The van der Waals surface area contributed by atoms with Gasteiger partial charge in [0, 0.05) is 6.07 Å². The zero-order valence-corrected chi connectivity index (χ0v) is 17.0. The van der Waals surface area contributed by atoms with Crippen molar-refractivity contribution < 1.29 is 23.8 Å². The van der Waals surface area contributed by atoms with E-state index in [2.05, 4.69) is 20.3 Å². The van der Waals surface area contributed by atoms with Crippen LogP contribution in [-0.2, 0) is 11.3 Å². The van der Waals surface area contributed by atoms with Crippen LogP contribution in [0.25, 0.3) is 0 Å². The molecule has 6 nitrogen and oxygen atoms in total. The monoisotopic (exact) mass is 428 g/mol. The van der Waals surface area contributed by atoms with Crippen molar-refractivity contribution >= 4 is 21.9 Å². The molecule has 7 heteroatoms. The molecule has 26 heavy (non-hydrogen) atoms. The van der Waals surface area contributed by atoms with Gasteiger partial charge in [0.05, 0.1) is 17.7 Å². The summed E-state index contributed by atoms with van der Waals surface area (Å²) in [7, 11) is 0. The molecule has 0 spiro atoms. The van der Waals surface area contributed by atoms with E-state index in [1.54, 1.807) is 0 Å². The SMILES string of the molecule is CC.CC.O=C(O)c1cc(Br)c(OCCOCc2ccccc2)c(=O)o1. The molecule has 2 rings (SSSR count). The Bertz CT molecular complexity index is 697. The van der Waals surface area contributed by atoms with Crippen molar-refractivity contribution in [2.24, 2.45) is 0 Å². The summed E-state index contributed by atoms with van der Waals surface area (Å²) in [6.07, 6.45) is 0. The average molecular weight is 429 g/mol. The molecule has 0 aliphatic heterocycles. The Morgan fingerprint density at radius 1 is 1.12 bits per heavy atom. The summed E-state index contributed by atoms with van der Waals surface area (Å²) in [4.78, 5) is 22.4. The van der Waals surface area contributed by atoms with E-state index in [9.17, 15) is 9.59 Å². The molecule has 0 aliphatic rings. The molecule has 1 heterocycles. The average Bonchev–Trinajstić information content (AvgIpc) is 2.67. The number of aromatic carboxylic acids is 1. The van der Waals surface area contributed by atoms with Crippen molar-refractivity contribution in [3.8, 4) is 5.75 Å². The molecule has 1 N–H and O–H groups in total. The highest BCUT2D eigenvalue weighted by Crippen LogP contribution is 2.21. The molecule has 0 atom stereocenters. The van der Waals surface area contributed by atoms with Crippen LogP contribution in [0.1, 0.15) is 43.8 Å². The predicted molar refractivity (Wildman–Crippen MR) is 104 cm³/mol. The Labute approximate surface area is 161 Å². The van der Waals surface area contributed by atoms with Crippen LogP contribution in [0, 0.1) is 0 Å². The maximum absolute atomic E-state index is 11.6. The number of hydrogen-bond acceptors (Lipinski definition) is 5. The first-order valence-electron chi connectivity index (χ1n) is 8.39. The van der Waals surface area contributed by atoms with Crippen LogP contribution in [0.5, 0.6) is 5.75 Å². The summed E-state index contributed by atoms with van der Waals surface area (Å²) in [6, 6.07) is 10.8. The fraction of sp³-hybridized carbons (Fsp3) is 0.368. The zero-order valence-electron chi connectivity index (χ0n) is 15.5. The van der Waals surface area contributed by atoms with Crippen LogP contribution < -0.4 is 10.4 Å². The van der Waals surface area contributed by atoms with Gasteiger partial charge in [-0.05, 0) is 21.5 Å². The number of carboxylic acids is 1. The van der Waals surface area contributed by atoms with Gasteiger partial charge in [-0.15, -0.1) is 0 Å². The van der Waals surface area contributed by atoms with E-state index in [1.807, 2.05) is 58.0 Å². The number of rotatable bonds is 7. The second-order valence-corrected chi connectivity index (χ2v) is 5.12. The molecule has 1 aromatic heterocycles. The molecule has 0 aliphatic carbocycles. The minimum Gasteiger partial charge on any atom is -0.483 e. The van der Waals surface area contributed by atoms with Crippen LogP contribution in [0.3, 0.4) is 0 Å². The fourth-order valence-corrected chi connectivity index (χ4v) is 2.14. The molecular formula is C19H25BrO6. The Kier molecular flexibility index (Phi) is 12.9. The third-order valence-corrected chi connectivity index (χ3v) is 3.25. The van der Waals surface area contributed by atoms with Gasteiger partial charge in [0.15, 0.2) is 0 Å². The van der Waals surface area contributed by atoms with Gasteiger partial charge in [-0.1, -0.05) is 58.0 Å². The van der Waals surface area contributed by atoms with Crippen molar-refractivity contribution in [2.75, 3.05) is 13.2 Å². The van der Waals surface area contributed by atoms with Crippen LogP contribution in [-0.4, -0.2) is 24.3 Å². The predicted octanol–water partition coefficient (Wildman–Crippen LogP) is 4.75. The maximum atomic E-state index is 11.6. The van der Waals surface area contributed by atoms with Crippen LogP contribution >= 0.6 is 15.9 Å². The molecule has 0 unspecified atom stereocenters. The van der Waals surface area contributed by atoms with Crippen molar-refractivity contribution in [3.05, 3.63) is 62.6 Å². The highest BCUT2D eigenvalue weighted by Gasteiger charge is 2.15. The lowest BCUT2D eigenvalue weighted by Crippen LogP contribution is -2.14. The van der Waals surface area contributed by atoms with E-state index in [4.69, 9.17) is 14.6 Å². The molecule has 0 fully saturated rings. The van der Waals surface area contributed by atoms with Gasteiger partial charge in [-0.25, -0.2) is 9.59 Å². The largest absolute Gasteiger partial charge is 0.483 e. The minimum absolute atomic E-state index is 0.0756. The summed E-state index contributed by atoms with van der Waals surface area (Å²) in [5.41, 5.74) is 0.184. The first-order chi connectivity index (χ1) is 12.6. The Hall–Kier alpha value is -2.12. The number of hydrogen-bond donors (Lipinski definition) is 1. The lowest BCUT2D eigenvalue weighted by molar-refractivity contribution is 0.0652. The van der Waals surface area contributed by atoms with E-state index in [1.165, 1.54) is 6.07 Å². The zero-order chi connectivity index (χ0) is 19.9. The first-order valence-corrected chi connectivity index (χ1v) is 9.18. The van der Waals surface area contributed by atoms with Crippen LogP contribution in [0.2, 0.25) is 0 Å². The molecule has 144 valence electrons. The summed E-state index contributed by atoms with van der Waals surface area (Å²) in [5, 5.41) is 8.76. The Balaban J connectivity index is 0.00000146. The summed E-state index contributed by atoms with van der Waals surface area (Å²) in [6.45, 7) is 8.86. The lowest BCUT2D eigenvalue weighted by Gasteiger charge is -2.08. The molecule has 0 radical (unpaired) electrons. The molecule has 0 amide bonds. The highest BCUT2D eigenvalue weighted by molar-refractivity contribution is 9.10. The second-order valence-electron chi connectivity index (χ2n) is 4.27. The Morgan fingerprint density at radius 2 is 1.73 bits per heavy atom. The van der Waals surface area contributed by atoms with E-state index in [0.717, 1.165) is 5.56 Å². The topological polar surface area (TPSA) is 86.0 Å². The van der Waals surface area contributed by atoms with Crippen molar-refractivity contribution in [2.45, 2.75) is 34.3 Å².